The highest BCUT2D eigenvalue weighted by atomic mass is 19.1. The number of allylic oxidation sites excluding steroid dienone is 2. The molecule has 0 spiro atoms. The number of para-hydroxylation sites is 1. The van der Waals surface area contributed by atoms with E-state index in [2.05, 4.69) is 66.5 Å². The fourth-order valence-corrected chi connectivity index (χ4v) is 7.05. The molecule has 200 valence electrons. The first-order valence-corrected chi connectivity index (χ1v) is 14.1. The van der Waals surface area contributed by atoms with Gasteiger partial charge in [-0.25, -0.2) is 19.0 Å². The molecule has 0 amide bonds. The number of hydrogen-bond donors (Lipinski definition) is 1. The summed E-state index contributed by atoms with van der Waals surface area (Å²) in [6, 6.07) is 8.43. The van der Waals surface area contributed by atoms with Gasteiger partial charge in [0.1, 0.15) is 5.83 Å². The van der Waals surface area contributed by atoms with Crippen LogP contribution in [0.5, 0.6) is 0 Å². The maximum Gasteiger partial charge on any atom is 0.225 e. The van der Waals surface area contributed by atoms with Gasteiger partial charge in [-0.2, -0.15) is 5.10 Å². The average Bonchev–Trinajstić information content (AvgIpc) is 3.59. The SMILES string of the molecule is CCc1cccc2c1-n1nc3c(c1C1(C)C2=C(F)C(C)(C)c2[nH]ccc21)CN(c1ncc(C(C)C)cn1)CC3. The molecule has 1 N–H and O–H groups in total. The molecule has 1 unspecified atom stereocenters. The summed E-state index contributed by atoms with van der Waals surface area (Å²) in [7, 11) is 0. The Bertz CT molecular complexity index is 1650. The zero-order valence-corrected chi connectivity index (χ0v) is 23.6. The first-order chi connectivity index (χ1) is 18.7. The summed E-state index contributed by atoms with van der Waals surface area (Å²) in [6.07, 6.45) is 7.46. The molecule has 7 heteroatoms. The highest BCUT2D eigenvalue weighted by Crippen LogP contribution is 2.60. The number of halogens is 1. The molecule has 4 aromatic rings. The topological polar surface area (TPSA) is 62.6 Å². The van der Waals surface area contributed by atoms with Gasteiger partial charge in [-0.1, -0.05) is 39.0 Å². The fraction of sp³-hybridized carbons (Fsp3) is 0.406. The molecule has 0 fully saturated rings. The molecule has 1 aromatic carbocycles. The van der Waals surface area contributed by atoms with E-state index in [9.17, 15) is 0 Å². The Kier molecular flexibility index (Phi) is 5.07. The van der Waals surface area contributed by atoms with Crippen LogP contribution in [0, 0.1) is 0 Å². The first kappa shape index (κ1) is 24.3. The van der Waals surface area contributed by atoms with Crippen molar-refractivity contribution in [2.75, 3.05) is 11.4 Å². The van der Waals surface area contributed by atoms with E-state index >= 15 is 4.39 Å². The average molecular weight is 523 g/mol. The maximum atomic E-state index is 16.9. The van der Waals surface area contributed by atoms with Crippen molar-refractivity contribution in [2.45, 2.75) is 77.7 Å². The van der Waals surface area contributed by atoms with Gasteiger partial charge in [-0.15, -0.1) is 0 Å². The Morgan fingerprint density at radius 2 is 1.87 bits per heavy atom. The summed E-state index contributed by atoms with van der Waals surface area (Å²) in [4.78, 5) is 15.1. The van der Waals surface area contributed by atoms with Crippen LogP contribution in [0.1, 0.15) is 92.4 Å². The van der Waals surface area contributed by atoms with Crippen LogP contribution >= 0.6 is 0 Å². The number of fused-ring (bicyclic) bond motifs is 10. The molecule has 0 saturated carbocycles. The number of benzene rings is 1. The fourth-order valence-electron chi connectivity index (χ4n) is 7.05. The van der Waals surface area contributed by atoms with Crippen LogP contribution in [0.25, 0.3) is 11.3 Å². The molecule has 3 aromatic heterocycles. The third kappa shape index (κ3) is 3.10. The largest absolute Gasteiger partial charge is 0.364 e. The van der Waals surface area contributed by atoms with Crippen molar-refractivity contribution in [1.82, 2.24) is 24.7 Å². The Morgan fingerprint density at radius 3 is 2.59 bits per heavy atom. The second kappa shape index (κ2) is 8.13. The van der Waals surface area contributed by atoms with Gasteiger partial charge in [0.25, 0.3) is 0 Å². The van der Waals surface area contributed by atoms with Crippen LogP contribution in [-0.2, 0) is 30.2 Å². The number of nitrogens with one attached hydrogen (secondary N) is 1. The first-order valence-electron chi connectivity index (χ1n) is 14.1. The molecule has 3 aliphatic rings. The van der Waals surface area contributed by atoms with Crippen LogP contribution in [0.2, 0.25) is 0 Å². The van der Waals surface area contributed by atoms with E-state index in [1.54, 1.807) is 0 Å². The zero-order valence-electron chi connectivity index (χ0n) is 23.6. The van der Waals surface area contributed by atoms with Gasteiger partial charge in [0.2, 0.25) is 5.95 Å². The number of H-pyrrole nitrogens is 1. The molecular weight excluding hydrogens is 487 g/mol. The van der Waals surface area contributed by atoms with Gasteiger partial charge in [0.05, 0.1) is 27.9 Å². The second-order valence-electron chi connectivity index (χ2n) is 12.2. The van der Waals surface area contributed by atoms with E-state index in [1.807, 2.05) is 32.4 Å². The lowest BCUT2D eigenvalue weighted by Crippen LogP contribution is -2.42. The summed E-state index contributed by atoms with van der Waals surface area (Å²) in [5, 5.41) is 5.26. The van der Waals surface area contributed by atoms with Crippen molar-refractivity contribution in [1.29, 1.82) is 0 Å². The van der Waals surface area contributed by atoms with Crippen molar-refractivity contribution in [2.24, 2.45) is 0 Å². The van der Waals surface area contributed by atoms with E-state index in [0.29, 0.717) is 12.5 Å². The van der Waals surface area contributed by atoms with Crippen LogP contribution in [0.15, 0.2) is 48.7 Å². The predicted octanol–water partition coefficient (Wildman–Crippen LogP) is 6.53. The molecule has 1 atom stereocenters. The second-order valence-corrected chi connectivity index (χ2v) is 12.2. The lowest BCUT2D eigenvalue weighted by atomic mass is 9.59. The highest BCUT2D eigenvalue weighted by Gasteiger charge is 2.54. The Hall–Kier alpha value is -3.74. The molecule has 2 aliphatic heterocycles. The van der Waals surface area contributed by atoms with Gasteiger partial charge >= 0.3 is 0 Å². The van der Waals surface area contributed by atoms with Gasteiger partial charge in [0.15, 0.2) is 0 Å². The molecular formula is C32H35FN6. The van der Waals surface area contributed by atoms with Crippen molar-refractivity contribution in [3.63, 3.8) is 0 Å². The molecule has 0 bridgehead atoms. The summed E-state index contributed by atoms with van der Waals surface area (Å²) in [5.41, 5.74) is 8.97. The normalized spacial score (nSPS) is 20.9. The summed E-state index contributed by atoms with van der Waals surface area (Å²) in [5.74, 6) is 1.04. The van der Waals surface area contributed by atoms with Crippen LogP contribution in [0.4, 0.5) is 10.3 Å². The Balaban J connectivity index is 1.49. The van der Waals surface area contributed by atoms with E-state index in [1.165, 1.54) is 5.56 Å². The summed E-state index contributed by atoms with van der Waals surface area (Å²) in [6.45, 7) is 14.0. The molecule has 1 aliphatic carbocycles. The lowest BCUT2D eigenvalue weighted by molar-refractivity contribution is 0.419. The number of rotatable bonds is 3. The highest BCUT2D eigenvalue weighted by molar-refractivity contribution is 5.91. The van der Waals surface area contributed by atoms with Crippen LogP contribution in [0.3, 0.4) is 0 Å². The zero-order chi connectivity index (χ0) is 27.3. The number of hydrogen-bond acceptors (Lipinski definition) is 4. The van der Waals surface area contributed by atoms with E-state index in [4.69, 9.17) is 15.1 Å². The molecule has 0 radical (unpaired) electrons. The summed E-state index contributed by atoms with van der Waals surface area (Å²) < 4.78 is 19.0. The number of aryl methyl sites for hydroxylation is 1. The van der Waals surface area contributed by atoms with Gasteiger partial charge in [-0.3, -0.25) is 0 Å². The number of aromatic nitrogens is 5. The van der Waals surface area contributed by atoms with Crippen molar-refractivity contribution >= 4 is 11.5 Å². The smallest absolute Gasteiger partial charge is 0.225 e. The van der Waals surface area contributed by atoms with Gasteiger partial charge in [-0.05, 0) is 55.9 Å². The van der Waals surface area contributed by atoms with Gasteiger partial charge < -0.3 is 9.88 Å². The monoisotopic (exact) mass is 522 g/mol. The lowest BCUT2D eigenvalue weighted by Gasteiger charge is -2.46. The molecule has 6 nitrogen and oxygen atoms in total. The van der Waals surface area contributed by atoms with E-state index in [-0.39, 0.29) is 5.83 Å². The third-order valence-electron chi connectivity index (χ3n) is 9.28. The standard InChI is InChI=1S/C32H35FN6/c1-7-19-9-8-10-21-25-27(33)31(4,5)28-23(11-13-34-28)32(25,6)29-22-17-38(14-12-24(22)37-39(29)26(19)21)30-35-15-20(16-36-30)18(2)3/h8-11,13,15-16,18,34H,7,12,14,17H2,1-6H3. The van der Waals surface area contributed by atoms with Crippen LogP contribution < -0.4 is 4.90 Å². The number of nitrogens with zero attached hydrogens (tertiary/aromatic N) is 5. The molecule has 0 saturated heterocycles. The molecule has 39 heavy (non-hydrogen) atoms. The van der Waals surface area contributed by atoms with Crippen molar-refractivity contribution < 1.29 is 4.39 Å². The van der Waals surface area contributed by atoms with Crippen molar-refractivity contribution in [3.05, 3.63) is 93.6 Å². The Labute approximate surface area is 229 Å². The number of anilines is 1. The summed E-state index contributed by atoms with van der Waals surface area (Å²) >= 11 is 0. The van der Waals surface area contributed by atoms with E-state index < -0.39 is 10.8 Å². The maximum absolute atomic E-state index is 16.9. The predicted molar refractivity (Wildman–Crippen MR) is 152 cm³/mol. The Morgan fingerprint density at radius 1 is 1.10 bits per heavy atom. The number of aromatic amines is 1. The van der Waals surface area contributed by atoms with E-state index in [0.717, 1.165) is 75.9 Å². The van der Waals surface area contributed by atoms with Gasteiger partial charge in [0, 0.05) is 60.5 Å². The van der Waals surface area contributed by atoms with Crippen LogP contribution in [-0.4, -0.2) is 31.3 Å². The quantitative estimate of drug-likeness (QED) is 0.332. The minimum Gasteiger partial charge on any atom is -0.364 e. The molecule has 5 heterocycles. The van der Waals surface area contributed by atoms with Crippen molar-refractivity contribution in [3.8, 4) is 5.69 Å². The third-order valence-corrected chi connectivity index (χ3v) is 9.28. The minimum atomic E-state index is -0.756. The molecule has 7 rings (SSSR count). The minimum absolute atomic E-state index is 0.0732.